The Kier molecular flexibility index (Phi) is 7.24. The summed E-state index contributed by atoms with van der Waals surface area (Å²) in [6.07, 6.45) is 11.4. The molecule has 6 rings (SSSR count). The molecule has 4 aliphatic carbocycles. The van der Waals surface area contributed by atoms with Crippen molar-refractivity contribution in [3.8, 4) is 0 Å². The van der Waals surface area contributed by atoms with Crippen LogP contribution in [0.25, 0.3) is 0 Å². The largest absolute Gasteiger partial charge is 0.462 e. The predicted molar refractivity (Wildman–Crippen MR) is 153 cm³/mol. The third-order valence-electron chi connectivity index (χ3n) is 12.3. The Bertz CT molecular complexity index is 1190. The average Bonchev–Trinajstić information content (AvgIpc) is 3.23. The molecule has 5 aliphatic rings. The summed E-state index contributed by atoms with van der Waals surface area (Å²) in [5.74, 6) is 1.95. The highest BCUT2D eigenvalue weighted by atomic mass is 16.5. The molecule has 5 unspecified atom stereocenters. The van der Waals surface area contributed by atoms with E-state index in [2.05, 4.69) is 27.7 Å². The predicted octanol–water partition coefficient (Wildman–Crippen LogP) is 7.34. The number of hydrogen-bond donors (Lipinski definition) is 0. The Labute approximate surface area is 239 Å². The van der Waals surface area contributed by atoms with Gasteiger partial charge in [-0.25, -0.2) is 4.79 Å². The molecule has 0 aromatic heterocycles. The molecule has 40 heavy (non-hydrogen) atoms. The number of fused-ring (bicyclic) bond motifs is 5. The maximum atomic E-state index is 13.8. The van der Waals surface area contributed by atoms with Crippen LogP contribution in [0.4, 0.5) is 0 Å². The van der Waals surface area contributed by atoms with Gasteiger partial charge in [-0.2, -0.15) is 0 Å². The third-order valence-corrected chi connectivity index (χ3v) is 12.3. The molecule has 216 valence electrons. The van der Waals surface area contributed by atoms with Gasteiger partial charge < -0.3 is 9.47 Å². The van der Waals surface area contributed by atoms with Crippen LogP contribution in [0.15, 0.2) is 42.0 Å². The molecule has 1 aromatic rings. The van der Waals surface area contributed by atoms with Crippen LogP contribution in [0.3, 0.4) is 0 Å². The van der Waals surface area contributed by atoms with Crippen LogP contribution in [0.5, 0.6) is 0 Å². The first kappa shape index (κ1) is 27.7. The lowest BCUT2D eigenvalue weighted by atomic mass is 9.44. The van der Waals surface area contributed by atoms with Gasteiger partial charge in [0.15, 0.2) is 5.78 Å². The number of cyclic esters (lactones) is 1. The van der Waals surface area contributed by atoms with Gasteiger partial charge in [0.1, 0.15) is 12.2 Å². The molecule has 3 saturated carbocycles. The molecule has 0 spiro atoms. The number of ether oxygens (including phenoxy) is 2. The van der Waals surface area contributed by atoms with Crippen LogP contribution in [-0.4, -0.2) is 29.9 Å². The molecule has 5 nitrogen and oxygen atoms in total. The van der Waals surface area contributed by atoms with E-state index >= 15 is 0 Å². The van der Waals surface area contributed by atoms with Crippen LogP contribution in [0.1, 0.15) is 102 Å². The van der Waals surface area contributed by atoms with Crippen molar-refractivity contribution in [2.45, 2.75) is 104 Å². The molecule has 0 bridgehead atoms. The minimum absolute atomic E-state index is 0.0245. The molecule has 1 saturated heterocycles. The average molecular weight is 547 g/mol. The van der Waals surface area contributed by atoms with E-state index < -0.39 is 0 Å². The number of ketones is 1. The quantitative estimate of drug-likeness (QED) is 0.362. The topological polar surface area (TPSA) is 69.7 Å². The molecule has 10 atom stereocenters. The highest BCUT2D eigenvalue weighted by Gasteiger charge is 2.62. The molecule has 0 radical (unpaired) electrons. The summed E-state index contributed by atoms with van der Waals surface area (Å²) in [5, 5.41) is 0. The summed E-state index contributed by atoms with van der Waals surface area (Å²) in [6.45, 7) is 9.14. The fourth-order valence-electron chi connectivity index (χ4n) is 9.97. The fourth-order valence-corrected chi connectivity index (χ4v) is 9.97. The maximum Gasteiger partial charge on any atom is 0.338 e. The minimum Gasteiger partial charge on any atom is -0.462 e. The summed E-state index contributed by atoms with van der Waals surface area (Å²) in [7, 11) is 0. The molecule has 1 aromatic carbocycles. The van der Waals surface area contributed by atoms with E-state index in [1.165, 1.54) is 5.57 Å². The standard InChI is InChI=1S/C35H46O5/c1-5-22-17-30(40-31(37)18-22)21(2)28-20-29(36)32-26-12-11-24-19-25(39-33(38)23-9-7-6-8-10-23)13-15-34(24,3)27(26)14-16-35(28,32)4/h6-10,20-22,24-27,30,32H,5,11-19H2,1-4H3/t21-,22+,24?,25-,26?,27?,30?,32?,34-,35+/m0/s1. The van der Waals surface area contributed by atoms with Crippen LogP contribution >= 0.6 is 0 Å². The van der Waals surface area contributed by atoms with Crippen molar-refractivity contribution in [3.05, 3.63) is 47.5 Å². The van der Waals surface area contributed by atoms with Crippen molar-refractivity contribution in [3.63, 3.8) is 0 Å². The van der Waals surface area contributed by atoms with Crippen molar-refractivity contribution in [1.29, 1.82) is 0 Å². The fraction of sp³-hybridized carbons (Fsp3) is 0.686. The Hall–Kier alpha value is -2.43. The van der Waals surface area contributed by atoms with E-state index in [0.717, 1.165) is 57.8 Å². The van der Waals surface area contributed by atoms with E-state index in [1.807, 2.05) is 36.4 Å². The first-order chi connectivity index (χ1) is 19.1. The Balaban J connectivity index is 1.16. The molecule has 0 amide bonds. The number of esters is 2. The lowest BCUT2D eigenvalue weighted by molar-refractivity contribution is -0.160. The second-order valence-corrected chi connectivity index (χ2v) is 14.2. The van der Waals surface area contributed by atoms with Gasteiger partial charge in [0.2, 0.25) is 0 Å². The van der Waals surface area contributed by atoms with Gasteiger partial charge in [0.25, 0.3) is 0 Å². The first-order valence-electron chi connectivity index (χ1n) is 15.9. The zero-order valence-corrected chi connectivity index (χ0v) is 24.7. The van der Waals surface area contributed by atoms with Crippen molar-refractivity contribution in [1.82, 2.24) is 0 Å². The SMILES string of the molecule is CC[C@H]1CC(=O)OC([C@@H](C)C2=CC(=O)C3C4CCC5C[C@@H](OC(=O)c6ccccc6)CC[C@]5(C)C4CC[C@]23C)C1. The Morgan fingerprint density at radius 1 is 1.05 bits per heavy atom. The number of carbonyl (C=O) groups is 3. The van der Waals surface area contributed by atoms with Gasteiger partial charge in [-0.15, -0.1) is 0 Å². The number of carbonyl (C=O) groups excluding carboxylic acids is 3. The summed E-state index contributed by atoms with van der Waals surface area (Å²) < 4.78 is 11.9. The number of benzene rings is 1. The van der Waals surface area contributed by atoms with Gasteiger partial charge in [0, 0.05) is 18.3 Å². The number of hydrogen-bond acceptors (Lipinski definition) is 5. The van der Waals surface area contributed by atoms with Crippen LogP contribution in [-0.2, 0) is 19.1 Å². The minimum atomic E-state index is -0.213. The van der Waals surface area contributed by atoms with E-state index in [-0.39, 0.29) is 46.8 Å². The van der Waals surface area contributed by atoms with E-state index in [0.29, 0.717) is 41.4 Å². The summed E-state index contributed by atoms with van der Waals surface area (Å²) in [4.78, 5) is 38.9. The summed E-state index contributed by atoms with van der Waals surface area (Å²) in [6, 6.07) is 9.31. The third kappa shape index (κ3) is 4.56. The van der Waals surface area contributed by atoms with Crippen molar-refractivity contribution in [2.75, 3.05) is 0 Å². The van der Waals surface area contributed by atoms with Crippen LogP contribution < -0.4 is 0 Å². The van der Waals surface area contributed by atoms with Crippen LogP contribution in [0.2, 0.25) is 0 Å². The Morgan fingerprint density at radius 2 is 1.82 bits per heavy atom. The second kappa shape index (κ2) is 10.4. The van der Waals surface area contributed by atoms with Gasteiger partial charge in [-0.3, -0.25) is 9.59 Å². The Morgan fingerprint density at radius 3 is 2.58 bits per heavy atom. The lowest BCUT2D eigenvalue weighted by Crippen LogP contribution is -2.55. The monoisotopic (exact) mass is 546 g/mol. The smallest absolute Gasteiger partial charge is 0.338 e. The zero-order valence-electron chi connectivity index (χ0n) is 24.7. The van der Waals surface area contributed by atoms with Crippen molar-refractivity contribution < 1.29 is 23.9 Å². The van der Waals surface area contributed by atoms with E-state index in [9.17, 15) is 14.4 Å². The summed E-state index contributed by atoms with van der Waals surface area (Å²) in [5.41, 5.74) is 1.90. The van der Waals surface area contributed by atoms with Crippen molar-refractivity contribution >= 4 is 17.7 Å². The van der Waals surface area contributed by atoms with Gasteiger partial charge in [-0.05, 0) is 104 Å². The lowest BCUT2D eigenvalue weighted by Gasteiger charge is -2.60. The number of rotatable bonds is 5. The van der Waals surface area contributed by atoms with Gasteiger partial charge in [-0.1, -0.05) is 57.9 Å². The highest BCUT2D eigenvalue weighted by molar-refractivity contribution is 5.97. The van der Waals surface area contributed by atoms with Crippen LogP contribution in [0, 0.1) is 46.3 Å². The molecule has 1 heterocycles. The molecule has 4 fully saturated rings. The second-order valence-electron chi connectivity index (χ2n) is 14.2. The van der Waals surface area contributed by atoms with Gasteiger partial charge >= 0.3 is 11.9 Å². The van der Waals surface area contributed by atoms with Crippen molar-refractivity contribution in [2.24, 2.45) is 46.3 Å². The summed E-state index contributed by atoms with van der Waals surface area (Å²) >= 11 is 0. The molecular weight excluding hydrogens is 500 g/mol. The molecule has 0 N–H and O–H groups in total. The molecule has 5 heteroatoms. The molecular formula is C35H46O5. The van der Waals surface area contributed by atoms with E-state index in [4.69, 9.17) is 9.47 Å². The molecule has 1 aliphatic heterocycles. The van der Waals surface area contributed by atoms with Gasteiger partial charge in [0.05, 0.1) is 5.56 Å². The first-order valence-corrected chi connectivity index (χ1v) is 15.9. The number of allylic oxidation sites excluding steroid dienone is 1. The maximum absolute atomic E-state index is 13.8. The zero-order chi connectivity index (χ0) is 28.2. The van der Waals surface area contributed by atoms with E-state index in [1.54, 1.807) is 0 Å². The highest BCUT2D eigenvalue weighted by Crippen LogP contribution is 2.66. The normalized spacial score (nSPS) is 41.6.